The molecule has 1 N–H and O–H groups in total. The molecule has 0 heterocycles. The van der Waals surface area contributed by atoms with Crippen molar-refractivity contribution < 1.29 is 19.4 Å². The molecule has 4 heteroatoms. The number of ether oxygens (including phenoxy) is 1. The monoisotopic (exact) mass is 404 g/mol. The first-order valence-electron chi connectivity index (χ1n) is 12.0. The summed E-state index contributed by atoms with van der Waals surface area (Å²) in [5.41, 5.74) is 0.456. The van der Waals surface area contributed by atoms with Gasteiger partial charge in [0.15, 0.2) is 0 Å². The van der Waals surface area contributed by atoms with Gasteiger partial charge in [-0.3, -0.25) is 9.59 Å². The van der Waals surface area contributed by atoms with Crippen LogP contribution >= 0.6 is 0 Å². The Kier molecular flexibility index (Phi) is 5.63. The molecule has 4 rings (SSSR count). The molecule has 4 nitrogen and oxygen atoms in total. The summed E-state index contributed by atoms with van der Waals surface area (Å²) in [6.45, 7) is 7.18. The second kappa shape index (κ2) is 7.66. The first kappa shape index (κ1) is 21.3. The Hall–Kier alpha value is -0.900. The Balaban J connectivity index is 1.53. The van der Waals surface area contributed by atoms with E-state index in [1.165, 1.54) is 26.4 Å². The molecule has 29 heavy (non-hydrogen) atoms. The van der Waals surface area contributed by atoms with Gasteiger partial charge in [0.25, 0.3) is 0 Å². The minimum Gasteiger partial charge on any atom is -0.469 e. The first-order chi connectivity index (χ1) is 13.7. The largest absolute Gasteiger partial charge is 0.469 e. The van der Waals surface area contributed by atoms with Crippen LogP contribution in [0.2, 0.25) is 0 Å². The van der Waals surface area contributed by atoms with Gasteiger partial charge < -0.3 is 9.84 Å². The number of Topliss-reactive ketones (excluding diaryl/α,β-unsaturated/α-hetero) is 1. The molecule has 0 bridgehead atoms. The number of carbonyl (C=O) groups is 2. The van der Waals surface area contributed by atoms with E-state index < -0.39 is 0 Å². The van der Waals surface area contributed by atoms with E-state index >= 15 is 0 Å². The Morgan fingerprint density at radius 3 is 2.55 bits per heavy atom. The van der Waals surface area contributed by atoms with Crippen molar-refractivity contribution >= 4 is 11.8 Å². The summed E-state index contributed by atoms with van der Waals surface area (Å²) in [5.74, 6) is 3.08. The van der Waals surface area contributed by atoms with Crippen LogP contribution in [0.3, 0.4) is 0 Å². The SMILES string of the molecule is COC(=O)CC[C@@H](C)C1CC[C@H]2[C@@H]3C(=O)C[C@@H]4C[C@@H](O)CC[C@]4(C)[C@H]3CC[C@]12C. The lowest BCUT2D eigenvalue weighted by molar-refractivity contribution is -0.160. The fourth-order valence-corrected chi connectivity index (χ4v) is 8.53. The number of carbonyl (C=O) groups excluding carboxylic acids is 2. The smallest absolute Gasteiger partial charge is 0.305 e. The third-order valence-electron chi connectivity index (χ3n) is 10.2. The minimum absolute atomic E-state index is 0.110. The van der Waals surface area contributed by atoms with Crippen molar-refractivity contribution in [2.75, 3.05) is 7.11 Å². The molecule has 0 aromatic carbocycles. The summed E-state index contributed by atoms with van der Waals surface area (Å²) in [6, 6.07) is 0. The zero-order valence-electron chi connectivity index (χ0n) is 18.8. The summed E-state index contributed by atoms with van der Waals surface area (Å²) in [7, 11) is 1.47. The molecule has 4 aliphatic carbocycles. The van der Waals surface area contributed by atoms with Crippen LogP contribution in [0.5, 0.6) is 0 Å². The molecule has 9 atom stereocenters. The van der Waals surface area contributed by atoms with Crippen molar-refractivity contribution in [3.05, 3.63) is 0 Å². The summed E-state index contributed by atoms with van der Waals surface area (Å²) >= 11 is 0. The fourth-order valence-electron chi connectivity index (χ4n) is 8.53. The van der Waals surface area contributed by atoms with Gasteiger partial charge in [-0.05, 0) is 91.8 Å². The molecule has 0 aromatic heterocycles. The van der Waals surface area contributed by atoms with Crippen molar-refractivity contribution in [1.29, 1.82) is 0 Å². The number of aliphatic hydroxyl groups is 1. The number of fused-ring (bicyclic) bond motifs is 5. The predicted octanol–water partition coefficient (Wildman–Crippen LogP) is 4.77. The summed E-state index contributed by atoms with van der Waals surface area (Å²) in [5, 5.41) is 10.2. The van der Waals surface area contributed by atoms with Gasteiger partial charge >= 0.3 is 5.97 Å². The van der Waals surface area contributed by atoms with E-state index in [9.17, 15) is 14.7 Å². The normalized spacial score (nSPS) is 47.7. The van der Waals surface area contributed by atoms with E-state index in [0.29, 0.717) is 48.2 Å². The molecule has 4 aliphatic rings. The second-order valence-electron chi connectivity index (χ2n) is 11.4. The van der Waals surface area contributed by atoms with Gasteiger partial charge in [0.2, 0.25) is 0 Å². The lowest BCUT2D eigenvalue weighted by Crippen LogP contribution is -2.57. The maximum Gasteiger partial charge on any atom is 0.305 e. The van der Waals surface area contributed by atoms with Crippen molar-refractivity contribution in [3.8, 4) is 0 Å². The number of methoxy groups -OCH3 is 1. The van der Waals surface area contributed by atoms with Crippen LogP contribution in [0.25, 0.3) is 0 Å². The average molecular weight is 405 g/mol. The third kappa shape index (κ3) is 3.38. The van der Waals surface area contributed by atoms with Gasteiger partial charge in [0, 0.05) is 18.8 Å². The number of esters is 1. The zero-order valence-corrected chi connectivity index (χ0v) is 18.8. The number of hydrogen-bond acceptors (Lipinski definition) is 4. The van der Waals surface area contributed by atoms with Gasteiger partial charge in [-0.2, -0.15) is 0 Å². The molecule has 0 radical (unpaired) electrons. The van der Waals surface area contributed by atoms with Gasteiger partial charge in [-0.15, -0.1) is 0 Å². The Morgan fingerprint density at radius 1 is 1.14 bits per heavy atom. The van der Waals surface area contributed by atoms with Crippen LogP contribution in [0.15, 0.2) is 0 Å². The Labute approximate surface area is 176 Å². The van der Waals surface area contributed by atoms with Crippen LogP contribution in [0, 0.1) is 46.3 Å². The van der Waals surface area contributed by atoms with Crippen molar-refractivity contribution in [1.82, 2.24) is 0 Å². The van der Waals surface area contributed by atoms with Crippen LogP contribution < -0.4 is 0 Å². The molecule has 4 fully saturated rings. The van der Waals surface area contributed by atoms with E-state index in [4.69, 9.17) is 4.74 Å². The highest BCUT2D eigenvalue weighted by atomic mass is 16.5. The molecule has 0 spiro atoms. The predicted molar refractivity (Wildman–Crippen MR) is 112 cm³/mol. The quantitative estimate of drug-likeness (QED) is 0.685. The van der Waals surface area contributed by atoms with Crippen molar-refractivity contribution in [2.24, 2.45) is 46.3 Å². The van der Waals surface area contributed by atoms with Gasteiger partial charge in [0.1, 0.15) is 5.78 Å². The molecule has 0 saturated heterocycles. The van der Waals surface area contributed by atoms with Crippen molar-refractivity contribution in [3.63, 3.8) is 0 Å². The lowest BCUT2D eigenvalue weighted by atomic mass is 9.44. The molecule has 4 saturated carbocycles. The van der Waals surface area contributed by atoms with Gasteiger partial charge in [0.05, 0.1) is 13.2 Å². The zero-order chi connectivity index (χ0) is 21.0. The molecule has 0 aromatic rings. The molecule has 1 unspecified atom stereocenters. The molecule has 0 aliphatic heterocycles. The fraction of sp³-hybridized carbons (Fsp3) is 0.920. The Bertz CT molecular complexity index is 659. The van der Waals surface area contributed by atoms with Crippen LogP contribution in [-0.4, -0.2) is 30.1 Å². The average Bonchev–Trinajstić information content (AvgIpc) is 3.04. The third-order valence-corrected chi connectivity index (χ3v) is 10.2. The summed E-state index contributed by atoms with van der Waals surface area (Å²) in [4.78, 5) is 25.0. The van der Waals surface area contributed by atoms with E-state index in [1.807, 2.05) is 0 Å². The standard InChI is InChI=1S/C25H40O4/c1-15(5-8-22(28)29-4)18-6-7-19-23-20(10-12-25(18,19)3)24(2)11-9-17(26)13-16(24)14-21(23)27/h15-20,23,26H,5-14H2,1-4H3/t15-,16+,17+,18?,19+,20+,23+,24+,25-/m1/s1. The van der Waals surface area contributed by atoms with E-state index in [0.717, 1.165) is 32.1 Å². The number of rotatable bonds is 4. The first-order valence-corrected chi connectivity index (χ1v) is 12.0. The highest BCUT2D eigenvalue weighted by Gasteiger charge is 2.62. The van der Waals surface area contributed by atoms with Crippen LogP contribution in [-0.2, 0) is 14.3 Å². The topological polar surface area (TPSA) is 63.6 Å². The molecule has 164 valence electrons. The highest BCUT2D eigenvalue weighted by molar-refractivity contribution is 5.83. The minimum atomic E-state index is -0.210. The van der Waals surface area contributed by atoms with E-state index in [1.54, 1.807) is 0 Å². The molecular formula is C25H40O4. The molecule has 0 amide bonds. The van der Waals surface area contributed by atoms with E-state index in [-0.39, 0.29) is 28.8 Å². The summed E-state index contributed by atoms with van der Waals surface area (Å²) < 4.78 is 4.85. The lowest BCUT2D eigenvalue weighted by Gasteiger charge is -2.60. The highest BCUT2D eigenvalue weighted by Crippen LogP contribution is 2.67. The van der Waals surface area contributed by atoms with Gasteiger partial charge in [-0.25, -0.2) is 0 Å². The summed E-state index contributed by atoms with van der Waals surface area (Å²) in [6.07, 6.45) is 9.40. The number of hydrogen-bond donors (Lipinski definition) is 1. The van der Waals surface area contributed by atoms with Crippen LogP contribution in [0.1, 0.15) is 85.0 Å². The number of aliphatic hydroxyl groups excluding tert-OH is 1. The van der Waals surface area contributed by atoms with Crippen molar-refractivity contribution in [2.45, 2.75) is 91.1 Å². The Morgan fingerprint density at radius 2 is 1.83 bits per heavy atom. The molecular weight excluding hydrogens is 364 g/mol. The maximum atomic E-state index is 13.4. The van der Waals surface area contributed by atoms with Gasteiger partial charge in [-0.1, -0.05) is 20.8 Å². The second-order valence-corrected chi connectivity index (χ2v) is 11.4. The number of ketones is 1. The van der Waals surface area contributed by atoms with Crippen LogP contribution in [0.4, 0.5) is 0 Å². The van der Waals surface area contributed by atoms with E-state index in [2.05, 4.69) is 20.8 Å². The maximum absolute atomic E-state index is 13.4.